The average Bonchev–Trinajstić information content (AvgIpc) is 3.24. The van der Waals surface area contributed by atoms with E-state index >= 15 is 0 Å². The van der Waals surface area contributed by atoms with Gasteiger partial charge in [-0.2, -0.15) is 0 Å². The quantitative estimate of drug-likeness (QED) is 0.0201. The largest absolute Gasteiger partial charge is 0.462 e. The van der Waals surface area contributed by atoms with Crippen molar-refractivity contribution in [3.8, 4) is 0 Å². The van der Waals surface area contributed by atoms with Crippen molar-refractivity contribution in [2.75, 3.05) is 13.2 Å². The Morgan fingerprint density at radius 2 is 0.750 bits per heavy atom. The van der Waals surface area contributed by atoms with Gasteiger partial charge in [-0.15, -0.1) is 0 Å². The Labute approximate surface area is 368 Å². The first kappa shape index (κ1) is 56.1. The fourth-order valence-corrected chi connectivity index (χ4v) is 6.07. The Hall–Kier alpha value is -3.93. The molecule has 0 aliphatic carbocycles. The maximum Gasteiger partial charge on any atom is 0.306 e. The van der Waals surface area contributed by atoms with Crippen LogP contribution in [0.1, 0.15) is 194 Å². The molecule has 0 fully saturated rings. The topological polar surface area (TPSA) is 78.9 Å². The lowest BCUT2D eigenvalue weighted by molar-refractivity contribution is -0.167. The molecule has 0 N–H and O–H groups in total. The van der Waals surface area contributed by atoms with Crippen molar-refractivity contribution in [3.63, 3.8) is 0 Å². The highest BCUT2D eigenvalue weighted by molar-refractivity contribution is 5.71. The minimum atomic E-state index is -0.824. The van der Waals surface area contributed by atoms with Crippen molar-refractivity contribution in [2.45, 2.75) is 200 Å². The monoisotopic (exact) mass is 831 g/mol. The van der Waals surface area contributed by atoms with E-state index in [1.54, 1.807) is 0 Å². The molecule has 0 spiro atoms. The van der Waals surface area contributed by atoms with Gasteiger partial charge in [-0.1, -0.05) is 194 Å². The van der Waals surface area contributed by atoms with Gasteiger partial charge in [0.05, 0.1) is 0 Å². The summed E-state index contributed by atoms with van der Waals surface area (Å²) in [5, 5.41) is 0. The number of rotatable bonds is 41. The van der Waals surface area contributed by atoms with E-state index in [0.29, 0.717) is 19.3 Å². The van der Waals surface area contributed by atoms with Gasteiger partial charge in [0, 0.05) is 19.3 Å². The number of ether oxygens (including phenoxy) is 3. The minimum absolute atomic E-state index is 0.118. The number of carbonyl (C=O) groups is 3. The molecule has 0 amide bonds. The highest BCUT2D eigenvalue weighted by Crippen LogP contribution is 2.13. The summed E-state index contributed by atoms with van der Waals surface area (Å²) in [6.45, 7) is 6.25. The van der Waals surface area contributed by atoms with Crippen LogP contribution in [0.2, 0.25) is 0 Å². The molecule has 0 bridgehead atoms. The summed E-state index contributed by atoms with van der Waals surface area (Å²) in [5.41, 5.74) is 0. The second kappa shape index (κ2) is 47.7. The molecule has 60 heavy (non-hydrogen) atoms. The molecule has 0 aromatic carbocycles. The molecule has 0 saturated carbocycles. The SMILES string of the molecule is CC\C=C/C=C\C=C/C=C\C=C/CCCC(=O)OC(COC(=O)CCCCCCC/C=C\C/C=C\CC)COC(=O)CCCCCCCCC/C=C\C/C=C\CCCCC. The van der Waals surface area contributed by atoms with Crippen LogP contribution in [-0.2, 0) is 28.6 Å². The summed E-state index contributed by atoms with van der Waals surface area (Å²) in [6.07, 6.45) is 63.6. The zero-order valence-corrected chi connectivity index (χ0v) is 38.4. The fraction of sp³-hybridized carbons (Fsp3) is 0.611. The van der Waals surface area contributed by atoms with E-state index in [1.165, 1.54) is 51.4 Å². The lowest BCUT2D eigenvalue weighted by Gasteiger charge is -2.18. The van der Waals surface area contributed by atoms with E-state index in [4.69, 9.17) is 14.2 Å². The second-order valence-corrected chi connectivity index (χ2v) is 15.4. The van der Waals surface area contributed by atoms with Crippen molar-refractivity contribution in [3.05, 3.63) is 109 Å². The molecular weight excluding hydrogens is 745 g/mol. The van der Waals surface area contributed by atoms with E-state index < -0.39 is 12.1 Å². The second-order valence-electron chi connectivity index (χ2n) is 15.4. The highest BCUT2D eigenvalue weighted by atomic mass is 16.6. The van der Waals surface area contributed by atoms with Gasteiger partial charge >= 0.3 is 17.9 Å². The number of hydrogen-bond donors (Lipinski definition) is 0. The van der Waals surface area contributed by atoms with Crippen LogP contribution < -0.4 is 0 Å². The standard InChI is InChI=1S/C54H86O6/c1-4-7-10-13-16-19-22-25-26-27-28-30-32-35-38-41-44-47-53(56)59-50-51(49-58-52(55)46-43-40-37-34-31-24-21-18-15-12-9-6-3)60-54(57)48-45-42-39-36-33-29-23-20-17-14-11-8-5-2/h8-9,11-12,14,16-21,23,25-26,29,33,36,39,51H,4-7,10,13,15,22,24,27-28,30-32,34-35,37-38,40-50H2,1-3H3/b11-8-,12-9-,17-14-,19-16-,21-18-,23-20-,26-25-,33-29-,39-36-. The smallest absolute Gasteiger partial charge is 0.306 e. The predicted molar refractivity (Wildman–Crippen MR) is 256 cm³/mol. The van der Waals surface area contributed by atoms with E-state index in [0.717, 1.165) is 96.3 Å². The normalized spacial score (nSPS) is 13.1. The zero-order chi connectivity index (χ0) is 43.7. The summed E-state index contributed by atoms with van der Waals surface area (Å²) in [7, 11) is 0. The Morgan fingerprint density at radius 3 is 1.23 bits per heavy atom. The molecule has 0 aromatic rings. The van der Waals surface area contributed by atoms with Crippen LogP contribution in [0.15, 0.2) is 109 Å². The number of unbranched alkanes of at least 4 members (excludes halogenated alkanes) is 16. The molecule has 0 aromatic heterocycles. The minimum Gasteiger partial charge on any atom is -0.462 e. The Balaban J connectivity index is 4.51. The summed E-state index contributed by atoms with van der Waals surface area (Å²) >= 11 is 0. The molecular formula is C54H86O6. The van der Waals surface area contributed by atoms with Crippen LogP contribution in [0.5, 0.6) is 0 Å². The van der Waals surface area contributed by atoms with Crippen LogP contribution >= 0.6 is 0 Å². The number of hydrogen-bond acceptors (Lipinski definition) is 6. The Bertz CT molecular complexity index is 1280. The van der Waals surface area contributed by atoms with Gasteiger partial charge in [0.2, 0.25) is 0 Å². The molecule has 1 unspecified atom stereocenters. The summed E-state index contributed by atoms with van der Waals surface area (Å²) in [5.74, 6) is -1.03. The number of carbonyl (C=O) groups excluding carboxylic acids is 3. The van der Waals surface area contributed by atoms with Gasteiger partial charge in [-0.3, -0.25) is 14.4 Å². The van der Waals surface area contributed by atoms with E-state index in [-0.39, 0.29) is 31.6 Å². The maximum absolute atomic E-state index is 12.7. The first-order chi connectivity index (χ1) is 29.5. The van der Waals surface area contributed by atoms with Crippen LogP contribution in [0.25, 0.3) is 0 Å². The molecule has 6 heteroatoms. The van der Waals surface area contributed by atoms with Crippen molar-refractivity contribution >= 4 is 17.9 Å². The lowest BCUT2D eigenvalue weighted by atomic mass is 10.1. The van der Waals surface area contributed by atoms with Crippen LogP contribution in [0.4, 0.5) is 0 Å². The summed E-state index contributed by atoms with van der Waals surface area (Å²) in [4.78, 5) is 37.8. The predicted octanol–water partition coefficient (Wildman–Crippen LogP) is 15.6. The average molecular weight is 831 g/mol. The van der Waals surface area contributed by atoms with Gasteiger partial charge < -0.3 is 14.2 Å². The zero-order valence-electron chi connectivity index (χ0n) is 38.4. The van der Waals surface area contributed by atoms with Crippen LogP contribution in [-0.4, -0.2) is 37.2 Å². The first-order valence-electron chi connectivity index (χ1n) is 24.0. The van der Waals surface area contributed by atoms with Crippen molar-refractivity contribution in [1.29, 1.82) is 0 Å². The third kappa shape index (κ3) is 45.2. The lowest BCUT2D eigenvalue weighted by Crippen LogP contribution is -2.30. The molecule has 0 rings (SSSR count). The van der Waals surface area contributed by atoms with E-state index in [9.17, 15) is 14.4 Å². The molecule has 338 valence electrons. The van der Waals surface area contributed by atoms with Gasteiger partial charge in [0.15, 0.2) is 6.10 Å². The van der Waals surface area contributed by atoms with E-state index in [2.05, 4.69) is 75.5 Å². The number of esters is 3. The molecule has 0 aliphatic rings. The molecule has 0 saturated heterocycles. The van der Waals surface area contributed by atoms with Gasteiger partial charge in [0.1, 0.15) is 13.2 Å². The van der Waals surface area contributed by atoms with Crippen molar-refractivity contribution in [1.82, 2.24) is 0 Å². The fourth-order valence-electron chi connectivity index (χ4n) is 6.07. The molecule has 0 aliphatic heterocycles. The third-order valence-electron chi connectivity index (χ3n) is 9.62. The first-order valence-corrected chi connectivity index (χ1v) is 24.0. The molecule has 1 atom stereocenters. The Kier molecular flexibility index (Phi) is 44.6. The van der Waals surface area contributed by atoms with Gasteiger partial charge in [0.25, 0.3) is 0 Å². The third-order valence-corrected chi connectivity index (χ3v) is 9.62. The number of allylic oxidation sites excluding steroid dienone is 18. The highest BCUT2D eigenvalue weighted by Gasteiger charge is 2.19. The van der Waals surface area contributed by atoms with Gasteiger partial charge in [-0.25, -0.2) is 0 Å². The summed E-state index contributed by atoms with van der Waals surface area (Å²) < 4.78 is 16.7. The summed E-state index contributed by atoms with van der Waals surface area (Å²) in [6, 6.07) is 0. The maximum atomic E-state index is 12.7. The van der Waals surface area contributed by atoms with Crippen molar-refractivity contribution < 1.29 is 28.6 Å². The molecule has 0 radical (unpaired) electrons. The Morgan fingerprint density at radius 1 is 0.367 bits per heavy atom. The van der Waals surface area contributed by atoms with Crippen LogP contribution in [0.3, 0.4) is 0 Å². The molecule has 6 nitrogen and oxygen atoms in total. The van der Waals surface area contributed by atoms with Crippen molar-refractivity contribution in [2.24, 2.45) is 0 Å². The van der Waals surface area contributed by atoms with Gasteiger partial charge in [-0.05, 0) is 89.9 Å². The van der Waals surface area contributed by atoms with Crippen LogP contribution in [0, 0.1) is 0 Å². The molecule has 0 heterocycles. The van der Waals surface area contributed by atoms with E-state index in [1.807, 2.05) is 54.7 Å².